The van der Waals surface area contributed by atoms with E-state index >= 15 is 0 Å². The molecule has 0 bridgehead atoms. The number of nitrogens with one attached hydrogen (secondary N) is 1. The van der Waals surface area contributed by atoms with Crippen LogP contribution in [-0.2, 0) is 0 Å². The standard InChI is InChI=1S/C14H14F2N4O2S/c1-7-4-10(5-8(2)11(7)22-13(15)16)6-17-20-12(21)9(3)18-19-14(20)23/h4-6,13H,1-3H3,(H,19,23)/b17-6-. The number of alkyl halides is 2. The summed E-state index contributed by atoms with van der Waals surface area (Å²) in [6.07, 6.45) is 1.41. The molecule has 0 fully saturated rings. The largest absolute Gasteiger partial charge is 0.434 e. The molecule has 1 N–H and O–H groups in total. The maximum atomic E-state index is 12.4. The van der Waals surface area contributed by atoms with Crippen LogP contribution in [0.15, 0.2) is 22.0 Å². The Morgan fingerprint density at radius 1 is 1.35 bits per heavy atom. The summed E-state index contributed by atoms with van der Waals surface area (Å²) in [6, 6.07) is 3.25. The van der Waals surface area contributed by atoms with Crippen LogP contribution in [0.5, 0.6) is 5.75 Å². The lowest BCUT2D eigenvalue weighted by Crippen LogP contribution is -2.22. The molecule has 0 aliphatic carbocycles. The topological polar surface area (TPSA) is 72.3 Å². The first kappa shape index (κ1) is 16.9. The predicted octanol–water partition coefficient (Wildman–Crippen LogP) is 2.71. The van der Waals surface area contributed by atoms with E-state index in [4.69, 9.17) is 12.2 Å². The highest BCUT2D eigenvalue weighted by molar-refractivity contribution is 7.71. The number of benzene rings is 1. The second-order valence-electron chi connectivity index (χ2n) is 4.84. The summed E-state index contributed by atoms with van der Waals surface area (Å²) in [4.78, 5) is 11.9. The molecule has 1 heterocycles. The van der Waals surface area contributed by atoms with Gasteiger partial charge in [-0.2, -0.15) is 23.7 Å². The fourth-order valence-electron chi connectivity index (χ4n) is 2.03. The SMILES string of the molecule is Cc1cc(/C=N\n2c(=S)[nH]nc(C)c2=O)cc(C)c1OC(F)F. The number of aromatic amines is 1. The lowest BCUT2D eigenvalue weighted by atomic mass is 10.1. The van der Waals surface area contributed by atoms with Crippen molar-refractivity contribution < 1.29 is 13.5 Å². The average Bonchev–Trinajstić information content (AvgIpc) is 2.47. The molecule has 0 atom stereocenters. The van der Waals surface area contributed by atoms with Crippen molar-refractivity contribution in [2.75, 3.05) is 0 Å². The van der Waals surface area contributed by atoms with Crippen molar-refractivity contribution in [2.45, 2.75) is 27.4 Å². The normalized spacial score (nSPS) is 11.4. The smallest absolute Gasteiger partial charge is 0.387 e. The van der Waals surface area contributed by atoms with Crippen LogP contribution in [0.3, 0.4) is 0 Å². The summed E-state index contributed by atoms with van der Waals surface area (Å²) >= 11 is 4.96. The van der Waals surface area contributed by atoms with Crippen LogP contribution in [0.4, 0.5) is 8.78 Å². The van der Waals surface area contributed by atoms with Gasteiger partial charge in [0.1, 0.15) is 11.4 Å². The minimum atomic E-state index is -2.89. The van der Waals surface area contributed by atoms with E-state index in [-0.39, 0.29) is 16.2 Å². The molecule has 1 aromatic heterocycles. The highest BCUT2D eigenvalue weighted by atomic mass is 32.1. The van der Waals surface area contributed by atoms with Crippen LogP contribution in [0, 0.1) is 25.5 Å². The van der Waals surface area contributed by atoms with Crippen LogP contribution >= 0.6 is 12.2 Å². The van der Waals surface area contributed by atoms with Crippen molar-refractivity contribution in [1.29, 1.82) is 0 Å². The molecule has 122 valence electrons. The van der Waals surface area contributed by atoms with Crippen molar-refractivity contribution in [2.24, 2.45) is 5.10 Å². The number of ether oxygens (including phenoxy) is 1. The predicted molar refractivity (Wildman–Crippen MR) is 84.0 cm³/mol. The lowest BCUT2D eigenvalue weighted by molar-refractivity contribution is -0.0507. The van der Waals surface area contributed by atoms with Crippen molar-refractivity contribution >= 4 is 18.4 Å². The number of H-pyrrole nitrogens is 1. The van der Waals surface area contributed by atoms with E-state index < -0.39 is 12.2 Å². The first-order chi connectivity index (χ1) is 10.8. The van der Waals surface area contributed by atoms with Crippen molar-refractivity contribution in [3.05, 3.63) is 49.6 Å². The Morgan fingerprint density at radius 2 is 1.96 bits per heavy atom. The van der Waals surface area contributed by atoms with Gasteiger partial charge < -0.3 is 4.74 Å². The summed E-state index contributed by atoms with van der Waals surface area (Å²) in [6.45, 7) is 1.95. The number of halogens is 2. The number of aromatic nitrogens is 3. The molecule has 1 aromatic carbocycles. The van der Waals surface area contributed by atoms with Crippen LogP contribution < -0.4 is 10.3 Å². The third-order valence-corrected chi connectivity index (χ3v) is 3.29. The van der Waals surface area contributed by atoms with E-state index in [1.807, 2.05) is 0 Å². The van der Waals surface area contributed by atoms with E-state index in [0.717, 1.165) is 4.68 Å². The fourth-order valence-corrected chi connectivity index (χ4v) is 2.21. The Balaban J connectivity index is 2.40. The molecule has 0 spiro atoms. The number of aryl methyl sites for hydroxylation is 3. The molecule has 2 rings (SSSR count). The quantitative estimate of drug-likeness (QED) is 0.686. The van der Waals surface area contributed by atoms with Gasteiger partial charge in [0.2, 0.25) is 4.77 Å². The van der Waals surface area contributed by atoms with Gasteiger partial charge in [-0.05, 0) is 61.8 Å². The van der Waals surface area contributed by atoms with Crippen LogP contribution in [0.2, 0.25) is 0 Å². The summed E-state index contributed by atoms with van der Waals surface area (Å²) in [5.74, 6) is 0.131. The van der Waals surface area contributed by atoms with E-state index in [0.29, 0.717) is 16.7 Å². The minimum Gasteiger partial charge on any atom is -0.434 e. The monoisotopic (exact) mass is 340 g/mol. The van der Waals surface area contributed by atoms with Crippen molar-refractivity contribution in [3.63, 3.8) is 0 Å². The van der Waals surface area contributed by atoms with Gasteiger partial charge in [0.25, 0.3) is 5.56 Å². The lowest BCUT2D eigenvalue weighted by Gasteiger charge is -2.11. The first-order valence-electron chi connectivity index (χ1n) is 6.58. The second kappa shape index (κ2) is 6.78. The summed E-state index contributed by atoms with van der Waals surface area (Å²) in [7, 11) is 0. The molecule has 9 heteroatoms. The van der Waals surface area contributed by atoms with Gasteiger partial charge in [0.15, 0.2) is 0 Å². The van der Waals surface area contributed by atoms with Gasteiger partial charge in [0.05, 0.1) is 6.21 Å². The van der Waals surface area contributed by atoms with Gasteiger partial charge in [-0.25, -0.2) is 0 Å². The number of hydrogen-bond donors (Lipinski definition) is 1. The van der Waals surface area contributed by atoms with Gasteiger partial charge in [0, 0.05) is 0 Å². The Morgan fingerprint density at radius 3 is 2.52 bits per heavy atom. The minimum absolute atomic E-state index is 0.0583. The molecule has 2 aromatic rings. The Hall–Kier alpha value is -2.42. The maximum absolute atomic E-state index is 12.4. The summed E-state index contributed by atoms with van der Waals surface area (Å²) < 4.78 is 30.3. The zero-order chi connectivity index (χ0) is 17.1. The average molecular weight is 340 g/mol. The molecule has 0 radical (unpaired) electrons. The molecule has 6 nitrogen and oxygen atoms in total. The Kier molecular flexibility index (Phi) is 4.99. The first-order valence-corrected chi connectivity index (χ1v) is 6.99. The molecular weight excluding hydrogens is 326 g/mol. The summed E-state index contributed by atoms with van der Waals surface area (Å²) in [5, 5.41) is 10.3. The van der Waals surface area contributed by atoms with Gasteiger partial charge in [-0.15, -0.1) is 0 Å². The molecule has 0 saturated heterocycles. The Labute approximate surface area is 135 Å². The number of rotatable bonds is 4. The molecule has 0 unspecified atom stereocenters. The molecular formula is C14H14F2N4O2S. The zero-order valence-corrected chi connectivity index (χ0v) is 13.4. The molecule has 0 aliphatic heterocycles. The van der Waals surface area contributed by atoms with Crippen molar-refractivity contribution in [3.8, 4) is 5.75 Å². The van der Waals surface area contributed by atoms with E-state index in [1.54, 1.807) is 26.0 Å². The molecule has 23 heavy (non-hydrogen) atoms. The third kappa shape index (κ3) is 3.86. The fraction of sp³-hybridized carbons (Fsp3) is 0.286. The molecule has 0 aliphatic rings. The van der Waals surface area contributed by atoms with Crippen LogP contribution in [0.1, 0.15) is 22.4 Å². The highest BCUT2D eigenvalue weighted by Gasteiger charge is 2.11. The van der Waals surface area contributed by atoms with E-state index in [1.165, 1.54) is 13.1 Å². The van der Waals surface area contributed by atoms with Crippen molar-refractivity contribution in [1.82, 2.24) is 14.9 Å². The molecule has 0 amide bonds. The van der Waals surface area contributed by atoms with E-state index in [2.05, 4.69) is 20.0 Å². The number of nitrogens with zero attached hydrogens (tertiary/aromatic N) is 3. The summed E-state index contributed by atoms with van der Waals surface area (Å²) in [5.41, 5.74) is 1.49. The Bertz CT molecular complexity index is 851. The molecule has 0 saturated carbocycles. The van der Waals surface area contributed by atoms with Gasteiger partial charge >= 0.3 is 6.61 Å². The van der Waals surface area contributed by atoms with Crippen LogP contribution in [-0.4, -0.2) is 27.7 Å². The van der Waals surface area contributed by atoms with Gasteiger partial charge in [-0.1, -0.05) is 0 Å². The van der Waals surface area contributed by atoms with E-state index in [9.17, 15) is 13.6 Å². The highest BCUT2D eigenvalue weighted by Crippen LogP contribution is 2.25. The third-order valence-electron chi connectivity index (χ3n) is 3.03. The van der Waals surface area contributed by atoms with Crippen LogP contribution in [0.25, 0.3) is 0 Å². The second-order valence-corrected chi connectivity index (χ2v) is 5.22. The zero-order valence-electron chi connectivity index (χ0n) is 12.6. The maximum Gasteiger partial charge on any atom is 0.387 e. The van der Waals surface area contributed by atoms with Gasteiger partial charge in [-0.3, -0.25) is 9.89 Å². The number of hydrogen-bond acceptors (Lipinski definition) is 5.